The lowest BCUT2D eigenvalue weighted by molar-refractivity contribution is -0.0298. The van der Waals surface area contributed by atoms with Crippen molar-refractivity contribution in [2.75, 3.05) is 23.8 Å². The maximum absolute atomic E-state index is 14.5. The largest absolute Gasteiger partial charge is 0.462 e. The molecule has 1 fully saturated rings. The van der Waals surface area contributed by atoms with Gasteiger partial charge in [-0.05, 0) is 56.9 Å². The molecule has 15 heteroatoms. The Kier molecular flexibility index (Phi) is 9.20. The van der Waals surface area contributed by atoms with Crippen LogP contribution in [0.2, 0.25) is 0 Å². The average molecular weight is 675 g/mol. The van der Waals surface area contributed by atoms with E-state index in [0.717, 1.165) is 19.3 Å². The number of carbonyl (C=O) groups is 2. The molecule has 2 atom stereocenters. The SMILES string of the molecule is CCOC(=O)c1cnc(NC(=O)c2cccc3nc([C@H](CC)Nc4ncnc5c4ncn5C4CCCCO4)n(-c4ccccc4)c(=O)c23)nc1. The Morgan fingerprint density at radius 2 is 1.82 bits per heavy atom. The van der Waals surface area contributed by atoms with E-state index in [1.165, 1.54) is 23.3 Å². The van der Waals surface area contributed by atoms with Crippen molar-refractivity contribution < 1.29 is 19.1 Å². The van der Waals surface area contributed by atoms with Crippen LogP contribution in [0.5, 0.6) is 0 Å². The third-order valence-electron chi connectivity index (χ3n) is 8.43. The number of carbonyl (C=O) groups excluding carboxylic acids is 2. The molecule has 0 spiro atoms. The molecule has 1 unspecified atom stereocenters. The first-order valence-electron chi connectivity index (χ1n) is 16.4. The van der Waals surface area contributed by atoms with Gasteiger partial charge in [-0.1, -0.05) is 31.2 Å². The van der Waals surface area contributed by atoms with Gasteiger partial charge in [-0.2, -0.15) is 0 Å². The van der Waals surface area contributed by atoms with Crippen molar-refractivity contribution in [3.63, 3.8) is 0 Å². The number of imidazole rings is 1. The topological polar surface area (TPSA) is 181 Å². The van der Waals surface area contributed by atoms with Crippen LogP contribution in [0.3, 0.4) is 0 Å². The van der Waals surface area contributed by atoms with E-state index in [1.54, 1.807) is 31.5 Å². The number of rotatable bonds is 10. The third kappa shape index (κ3) is 6.25. The molecule has 6 aromatic rings. The second-order valence-corrected chi connectivity index (χ2v) is 11.6. The van der Waals surface area contributed by atoms with Crippen LogP contribution < -0.4 is 16.2 Å². The Hall–Kier alpha value is -6.09. The molecule has 5 heterocycles. The molecule has 7 rings (SSSR count). The number of fused-ring (bicyclic) bond motifs is 2. The minimum absolute atomic E-state index is 0.0445. The van der Waals surface area contributed by atoms with Gasteiger partial charge in [0.2, 0.25) is 5.95 Å². The lowest BCUT2D eigenvalue weighted by Gasteiger charge is -2.24. The van der Waals surface area contributed by atoms with Crippen molar-refractivity contribution in [1.29, 1.82) is 0 Å². The third-order valence-corrected chi connectivity index (χ3v) is 8.43. The molecule has 1 aliphatic heterocycles. The van der Waals surface area contributed by atoms with Gasteiger partial charge in [0.05, 0.1) is 46.7 Å². The highest BCUT2D eigenvalue weighted by Gasteiger charge is 2.26. The molecule has 2 N–H and O–H groups in total. The zero-order valence-corrected chi connectivity index (χ0v) is 27.4. The van der Waals surface area contributed by atoms with Crippen LogP contribution >= 0.6 is 0 Å². The number of para-hydroxylation sites is 1. The fraction of sp³-hybridized carbons (Fsp3) is 0.286. The lowest BCUT2D eigenvalue weighted by atomic mass is 10.1. The van der Waals surface area contributed by atoms with Crippen LogP contribution in [0, 0.1) is 0 Å². The highest BCUT2D eigenvalue weighted by molar-refractivity contribution is 6.11. The van der Waals surface area contributed by atoms with E-state index in [-0.39, 0.29) is 35.3 Å². The number of hydrogen-bond donors (Lipinski definition) is 2. The number of hydrogen-bond acceptors (Lipinski definition) is 12. The van der Waals surface area contributed by atoms with Gasteiger partial charge in [0.1, 0.15) is 18.4 Å². The van der Waals surface area contributed by atoms with E-state index in [0.29, 0.717) is 47.0 Å². The molecule has 0 bridgehead atoms. The predicted molar refractivity (Wildman–Crippen MR) is 184 cm³/mol. The predicted octanol–water partition coefficient (Wildman–Crippen LogP) is 5.01. The second-order valence-electron chi connectivity index (χ2n) is 11.6. The van der Waals surface area contributed by atoms with Crippen LogP contribution in [0.4, 0.5) is 11.8 Å². The van der Waals surface area contributed by atoms with E-state index in [2.05, 4.69) is 35.6 Å². The molecule has 15 nitrogen and oxygen atoms in total. The van der Waals surface area contributed by atoms with E-state index >= 15 is 0 Å². The number of benzene rings is 2. The number of amides is 1. The zero-order valence-electron chi connectivity index (χ0n) is 27.4. The van der Waals surface area contributed by atoms with Gasteiger partial charge in [-0.15, -0.1) is 0 Å². The van der Waals surface area contributed by atoms with Crippen LogP contribution in [0.25, 0.3) is 27.8 Å². The standard InChI is InChI=1S/C35H34N10O5/c1-3-24(41-29-28-31(39-19-38-29)44(20-40-28)26-15-8-9-16-50-26)30-42-25-14-10-13-23(27(25)33(47)45(30)22-11-6-5-7-12-22)32(46)43-35-36-17-21(18-37-35)34(48)49-4-2/h5-7,10-14,17-20,24,26H,3-4,8-9,15-16H2,1-2H3,(H,38,39,41)(H,36,37,43,46)/t24-,26?/m0/s1. The quantitative estimate of drug-likeness (QED) is 0.186. The summed E-state index contributed by atoms with van der Waals surface area (Å²) in [4.78, 5) is 67.0. The Labute approximate surface area is 285 Å². The zero-order chi connectivity index (χ0) is 34.6. The molecular formula is C35H34N10O5. The summed E-state index contributed by atoms with van der Waals surface area (Å²) < 4.78 is 14.4. The van der Waals surface area contributed by atoms with Crippen molar-refractivity contribution in [2.45, 2.75) is 51.8 Å². The van der Waals surface area contributed by atoms with E-state index < -0.39 is 23.5 Å². The molecule has 2 aromatic carbocycles. The number of nitrogens with zero attached hydrogens (tertiary/aromatic N) is 8. The van der Waals surface area contributed by atoms with Crippen LogP contribution in [0.1, 0.15) is 78.3 Å². The number of ether oxygens (including phenoxy) is 2. The summed E-state index contributed by atoms with van der Waals surface area (Å²) in [5, 5.41) is 6.22. The molecule has 1 amide bonds. The monoisotopic (exact) mass is 674 g/mol. The fourth-order valence-corrected chi connectivity index (χ4v) is 6.00. The Bertz CT molecular complexity index is 2230. The molecular weight excluding hydrogens is 640 g/mol. The maximum atomic E-state index is 14.5. The molecule has 50 heavy (non-hydrogen) atoms. The molecule has 0 saturated carbocycles. The highest BCUT2D eigenvalue weighted by Crippen LogP contribution is 2.30. The van der Waals surface area contributed by atoms with Gasteiger partial charge in [0.15, 0.2) is 17.0 Å². The fourth-order valence-electron chi connectivity index (χ4n) is 6.00. The smallest absolute Gasteiger partial charge is 0.341 e. The Balaban J connectivity index is 1.27. The molecule has 1 saturated heterocycles. The molecule has 1 aliphatic rings. The first kappa shape index (κ1) is 32.5. The first-order chi connectivity index (χ1) is 24.5. The Morgan fingerprint density at radius 1 is 1.00 bits per heavy atom. The summed E-state index contributed by atoms with van der Waals surface area (Å²) in [6.45, 7) is 4.56. The van der Waals surface area contributed by atoms with E-state index in [4.69, 9.17) is 14.5 Å². The lowest BCUT2D eigenvalue weighted by Crippen LogP contribution is -2.30. The number of esters is 1. The minimum atomic E-state index is -0.614. The van der Waals surface area contributed by atoms with E-state index in [1.807, 2.05) is 41.8 Å². The molecule has 0 radical (unpaired) electrons. The van der Waals surface area contributed by atoms with E-state index in [9.17, 15) is 14.4 Å². The average Bonchev–Trinajstić information content (AvgIpc) is 3.60. The molecule has 0 aliphatic carbocycles. The summed E-state index contributed by atoms with van der Waals surface area (Å²) in [7, 11) is 0. The van der Waals surface area contributed by atoms with Gasteiger partial charge in [0.25, 0.3) is 11.5 Å². The normalized spacial score (nSPS) is 15.1. The van der Waals surface area contributed by atoms with Gasteiger partial charge in [-0.25, -0.2) is 34.7 Å². The van der Waals surface area contributed by atoms with Crippen LogP contribution in [0.15, 0.2) is 78.4 Å². The molecule has 254 valence electrons. The summed E-state index contributed by atoms with van der Waals surface area (Å²) >= 11 is 0. The van der Waals surface area contributed by atoms with Crippen molar-refractivity contribution in [3.05, 3.63) is 101 Å². The maximum Gasteiger partial charge on any atom is 0.341 e. The number of aromatic nitrogens is 8. The summed E-state index contributed by atoms with van der Waals surface area (Å²) in [5.41, 5.74) is 1.91. The number of anilines is 2. The Morgan fingerprint density at radius 3 is 2.56 bits per heavy atom. The summed E-state index contributed by atoms with van der Waals surface area (Å²) in [6, 6.07) is 13.5. The number of nitrogens with one attached hydrogen (secondary N) is 2. The minimum Gasteiger partial charge on any atom is -0.462 e. The summed E-state index contributed by atoms with van der Waals surface area (Å²) in [5.74, 6) is -0.315. The molecule has 4 aromatic heterocycles. The second kappa shape index (κ2) is 14.2. The van der Waals surface area contributed by atoms with Crippen molar-refractivity contribution in [2.24, 2.45) is 0 Å². The van der Waals surface area contributed by atoms with Crippen LogP contribution in [-0.4, -0.2) is 64.1 Å². The van der Waals surface area contributed by atoms with Crippen LogP contribution in [-0.2, 0) is 9.47 Å². The van der Waals surface area contributed by atoms with Crippen molar-refractivity contribution in [3.8, 4) is 5.69 Å². The summed E-state index contributed by atoms with van der Waals surface area (Å²) in [6.07, 6.45) is 9.07. The van der Waals surface area contributed by atoms with Gasteiger partial charge in [0, 0.05) is 19.0 Å². The van der Waals surface area contributed by atoms with Gasteiger partial charge in [-0.3, -0.25) is 24.0 Å². The van der Waals surface area contributed by atoms with Gasteiger partial charge < -0.3 is 14.8 Å². The van der Waals surface area contributed by atoms with Gasteiger partial charge >= 0.3 is 5.97 Å². The van der Waals surface area contributed by atoms with Crippen molar-refractivity contribution in [1.82, 2.24) is 39.0 Å². The first-order valence-corrected chi connectivity index (χ1v) is 16.4. The highest BCUT2D eigenvalue weighted by atomic mass is 16.5. The van der Waals surface area contributed by atoms with Crippen molar-refractivity contribution >= 4 is 45.7 Å².